The first-order chi connectivity index (χ1) is 24.8. The van der Waals surface area contributed by atoms with Crippen LogP contribution in [0.15, 0.2) is 161 Å². The SMILES string of the molecule is C1=C(c2ccc3c4c(n(-c5cccc6c5oc5ccccc56)c3c2)=CCCC=4)N=C(c2ccc(-c3ccccc3)cc2)NC1c1ccccc1. The van der Waals surface area contributed by atoms with Gasteiger partial charge in [-0.2, -0.15) is 0 Å². The quantitative estimate of drug-likeness (QED) is 0.203. The van der Waals surface area contributed by atoms with E-state index in [2.05, 4.69) is 168 Å². The number of amidine groups is 1. The van der Waals surface area contributed by atoms with Crippen LogP contribution in [0.1, 0.15) is 35.6 Å². The minimum absolute atomic E-state index is 0.0332. The second-order valence-electron chi connectivity index (χ2n) is 13.1. The van der Waals surface area contributed by atoms with Crippen molar-refractivity contribution in [1.82, 2.24) is 9.88 Å². The van der Waals surface area contributed by atoms with Gasteiger partial charge in [-0.15, -0.1) is 0 Å². The van der Waals surface area contributed by atoms with Gasteiger partial charge in [-0.1, -0.05) is 140 Å². The minimum Gasteiger partial charge on any atom is -0.454 e. The van der Waals surface area contributed by atoms with Crippen molar-refractivity contribution >= 4 is 56.5 Å². The van der Waals surface area contributed by atoms with Crippen molar-refractivity contribution in [2.45, 2.75) is 18.9 Å². The molecule has 10 rings (SSSR count). The molecule has 1 aliphatic heterocycles. The van der Waals surface area contributed by atoms with Crippen LogP contribution in [-0.2, 0) is 0 Å². The molecule has 1 N–H and O–H groups in total. The monoisotopic (exact) mass is 643 g/mol. The highest BCUT2D eigenvalue weighted by molar-refractivity contribution is 6.08. The predicted molar refractivity (Wildman–Crippen MR) is 207 cm³/mol. The zero-order valence-corrected chi connectivity index (χ0v) is 27.4. The van der Waals surface area contributed by atoms with E-state index < -0.39 is 0 Å². The lowest BCUT2D eigenvalue weighted by atomic mass is 9.99. The Labute approximate surface area is 289 Å². The third-order valence-electron chi connectivity index (χ3n) is 10.1. The van der Waals surface area contributed by atoms with Crippen LogP contribution in [0, 0.1) is 0 Å². The Morgan fingerprint density at radius 1 is 0.600 bits per heavy atom. The van der Waals surface area contributed by atoms with Gasteiger partial charge < -0.3 is 14.3 Å². The van der Waals surface area contributed by atoms with Gasteiger partial charge in [0.15, 0.2) is 5.58 Å². The molecular formula is C46H33N3O. The summed E-state index contributed by atoms with van der Waals surface area (Å²) in [7, 11) is 0. The highest BCUT2D eigenvalue weighted by Gasteiger charge is 2.22. The van der Waals surface area contributed by atoms with Crippen LogP contribution < -0.4 is 15.9 Å². The van der Waals surface area contributed by atoms with Crippen LogP contribution in [0.4, 0.5) is 0 Å². The van der Waals surface area contributed by atoms with Gasteiger partial charge in [0.1, 0.15) is 11.4 Å². The van der Waals surface area contributed by atoms with Gasteiger partial charge in [0, 0.05) is 37.9 Å². The van der Waals surface area contributed by atoms with Crippen LogP contribution in [0.25, 0.3) is 67.5 Å². The van der Waals surface area contributed by atoms with Gasteiger partial charge in [0.05, 0.1) is 22.9 Å². The molecule has 0 saturated heterocycles. The number of aromatic nitrogens is 1. The van der Waals surface area contributed by atoms with Crippen LogP contribution in [0.2, 0.25) is 0 Å². The Bertz CT molecular complexity index is 2770. The number of para-hydroxylation sites is 2. The van der Waals surface area contributed by atoms with Crippen LogP contribution >= 0.6 is 0 Å². The Hall–Kier alpha value is -6.39. The van der Waals surface area contributed by atoms with E-state index in [0.717, 1.165) is 68.6 Å². The van der Waals surface area contributed by atoms with Crippen molar-refractivity contribution in [2.75, 3.05) is 0 Å². The third kappa shape index (κ3) is 4.72. The molecule has 2 aliphatic rings. The summed E-state index contributed by atoms with van der Waals surface area (Å²) in [6, 6.07) is 51.4. The molecule has 0 amide bonds. The van der Waals surface area contributed by atoms with E-state index in [4.69, 9.17) is 9.41 Å². The second kappa shape index (κ2) is 11.6. The average Bonchev–Trinajstić information content (AvgIpc) is 3.74. The first-order valence-corrected chi connectivity index (χ1v) is 17.3. The summed E-state index contributed by atoms with van der Waals surface area (Å²) in [4.78, 5) is 5.29. The van der Waals surface area contributed by atoms with Gasteiger partial charge in [0.25, 0.3) is 0 Å². The maximum Gasteiger partial charge on any atom is 0.159 e. The van der Waals surface area contributed by atoms with Gasteiger partial charge in [-0.25, -0.2) is 4.99 Å². The Morgan fingerprint density at radius 3 is 2.16 bits per heavy atom. The lowest BCUT2D eigenvalue weighted by molar-refractivity contribution is 0.665. The Kier molecular flexibility index (Phi) is 6.66. The van der Waals surface area contributed by atoms with E-state index in [1.54, 1.807) is 0 Å². The number of nitrogens with one attached hydrogen (secondary N) is 1. The lowest BCUT2D eigenvalue weighted by Gasteiger charge is -2.24. The molecular weight excluding hydrogens is 611 g/mol. The molecule has 4 nitrogen and oxygen atoms in total. The number of fused-ring (bicyclic) bond motifs is 6. The summed E-state index contributed by atoms with van der Waals surface area (Å²) < 4.78 is 8.97. The van der Waals surface area contributed by atoms with Crippen molar-refractivity contribution in [3.8, 4) is 16.8 Å². The molecule has 4 heteroatoms. The molecule has 3 heterocycles. The number of nitrogens with zero attached hydrogens (tertiary/aromatic N) is 2. The molecule has 0 radical (unpaired) electrons. The zero-order chi connectivity index (χ0) is 33.0. The first kappa shape index (κ1) is 28.6. The third-order valence-corrected chi connectivity index (χ3v) is 10.1. The molecule has 8 aromatic rings. The maximum absolute atomic E-state index is 6.57. The molecule has 0 saturated carbocycles. The van der Waals surface area contributed by atoms with Crippen molar-refractivity contribution in [3.05, 3.63) is 179 Å². The molecule has 1 aliphatic carbocycles. The molecule has 1 atom stereocenters. The molecule has 6 aromatic carbocycles. The first-order valence-electron chi connectivity index (χ1n) is 17.3. The number of aliphatic imine (C=N–C) groups is 1. The normalized spacial score (nSPS) is 15.6. The van der Waals surface area contributed by atoms with Crippen LogP contribution in [0.3, 0.4) is 0 Å². The smallest absolute Gasteiger partial charge is 0.159 e. The summed E-state index contributed by atoms with van der Waals surface area (Å²) >= 11 is 0. The molecule has 1 unspecified atom stereocenters. The minimum atomic E-state index is -0.0332. The van der Waals surface area contributed by atoms with Crippen LogP contribution in [-0.4, -0.2) is 10.4 Å². The number of hydrogen-bond acceptors (Lipinski definition) is 3. The summed E-state index contributed by atoms with van der Waals surface area (Å²) in [6.45, 7) is 0. The van der Waals surface area contributed by atoms with E-state index >= 15 is 0 Å². The molecule has 0 fully saturated rings. The van der Waals surface area contributed by atoms with E-state index in [0.29, 0.717) is 0 Å². The highest BCUT2D eigenvalue weighted by Crippen LogP contribution is 2.35. The average molecular weight is 644 g/mol. The van der Waals surface area contributed by atoms with Gasteiger partial charge >= 0.3 is 0 Å². The fourth-order valence-electron chi connectivity index (χ4n) is 7.66. The van der Waals surface area contributed by atoms with E-state index in [1.807, 2.05) is 6.07 Å². The summed E-state index contributed by atoms with van der Waals surface area (Å²) in [5.74, 6) is 0.861. The van der Waals surface area contributed by atoms with Crippen molar-refractivity contribution < 1.29 is 4.42 Å². The maximum atomic E-state index is 6.57. The molecule has 2 aromatic heterocycles. The Morgan fingerprint density at radius 2 is 1.30 bits per heavy atom. The number of furan rings is 1. The van der Waals surface area contributed by atoms with Gasteiger partial charge in [-0.3, -0.25) is 0 Å². The standard InChI is InChI=1S/C46H33N3O/c1-3-12-30(13-4-1)31-22-24-33(25-23-31)46-47-39(32-14-5-2-6-15-32)29-40(48-46)34-26-27-36-35-16-7-9-19-41(35)49(43(36)28-34)42-20-11-18-38-37-17-8-10-21-44(37)50-45(38)42/h1-6,8,10-29,39H,7,9H2,(H,47,48). The molecule has 238 valence electrons. The van der Waals surface area contributed by atoms with E-state index in [-0.39, 0.29) is 6.04 Å². The van der Waals surface area contributed by atoms with Crippen molar-refractivity contribution in [2.24, 2.45) is 4.99 Å². The highest BCUT2D eigenvalue weighted by atomic mass is 16.3. The van der Waals surface area contributed by atoms with Crippen molar-refractivity contribution in [3.63, 3.8) is 0 Å². The second-order valence-corrected chi connectivity index (χ2v) is 13.1. The predicted octanol–water partition coefficient (Wildman–Crippen LogP) is 9.68. The van der Waals surface area contributed by atoms with E-state index in [9.17, 15) is 0 Å². The summed E-state index contributed by atoms with van der Waals surface area (Å²) in [6.07, 6.45) is 9.07. The fourth-order valence-corrected chi connectivity index (χ4v) is 7.66. The van der Waals surface area contributed by atoms with Crippen LogP contribution in [0.5, 0.6) is 0 Å². The van der Waals surface area contributed by atoms with Gasteiger partial charge in [0.2, 0.25) is 0 Å². The molecule has 0 spiro atoms. The largest absolute Gasteiger partial charge is 0.454 e. The molecule has 0 bridgehead atoms. The van der Waals surface area contributed by atoms with E-state index in [1.165, 1.54) is 32.6 Å². The number of hydrogen-bond donors (Lipinski definition) is 1. The van der Waals surface area contributed by atoms with Gasteiger partial charge in [-0.05, 0) is 53.8 Å². The number of rotatable bonds is 5. The Balaban J connectivity index is 1.15. The topological polar surface area (TPSA) is 42.5 Å². The summed E-state index contributed by atoms with van der Waals surface area (Å²) in [5.41, 5.74) is 10.7. The summed E-state index contributed by atoms with van der Waals surface area (Å²) in [5, 5.41) is 9.75. The molecule has 50 heavy (non-hydrogen) atoms. The van der Waals surface area contributed by atoms with Crippen molar-refractivity contribution in [1.29, 1.82) is 0 Å². The fraction of sp³-hybridized carbons (Fsp3) is 0.0652. The zero-order valence-electron chi connectivity index (χ0n) is 27.4. The number of benzene rings is 6. The lowest BCUT2D eigenvalue weighted by Crippen LogP contribution is -2.31.